The summed E-state index contributed by atoms with van der Waals surface area (Å²) in [4.78, 5) is 11.3. The molecule has 0 atom stereocenters. The number of thioether (sulfide) groups is 1. The molecular formula is C9H13N3OS. The van der Waals surface area contributed by atoms with Gasteiger partial charge < -0.3 is 5.32 Å². The van der Waals surface area contributed by atoms with Crippen molar-refractivity contribution in [1.29, 1.82) is 0 Å². The van der Waals surface area contributed by atoms with Crippen LogP contribution in [0.25, 0.3) is 0 Å². The van der Waals surface area contributed by atoms with Crippen molar-refractivity contribution >= 4 is 23.4 Å². The van der Waals surface area contributed by atoms with Crippen molar-refractivity contribution in [3.8, 4) is 0 Å². The lowest BCUT2D eigenvalue weighted by molar-refractivity contribution is -0.115. The number of nitrogens with zero attached hydrogens (tertiary/aromatic N) is 2. The van der Waals surface area contributed by atoms with E-state index in [0.717, 1.165) is 28.7 Å². The van der Waals surface area contributed by atoms with Gasteiger partial charge in [-0.15, -0.1) is 11.8 Å². The summed E-state index contributed by atoms with van der Waals surface area (Å²) in [5.74, 6) is 0.930. The van der Waals surface area contributed by atoms with E-state index in [1.165, 1.54) is 0 Å². The molecule has 1 aromatic rings. The standard InChI is InChI=1S/C9H13N3OS/c1-3-12-9-8(6(2)11-12)10-7(13)4-5-14-9/h3-5H2,1-2H3,(H,10,13). The van der Waals surface area contributed by atoms with Gasteiger partial charge in [0.25, 0.3) is 0 Å². The van der Waals surface area contributed by atoms with Crippen LogP contribution < -0.4 is 5.32 Å². The maximum atomic E-state index is 11.3. The number of nitrogens with one attached hydrogen (secondary N) is 1. The quantitative estimate of drug-likeness (QED) is 0.768. The summed E-state index contributed by atoms with van der Waals surface area (Å²) < 4.78 is 1.95. The zero-order valence-corrected chi connectivity index (χ0v) is 9.15. The molecular weight excluding hydrogens is 198 g/mol. The molecule has 0 fully saturated rings. The number of fused-ring (bicyclic) bond motifs is 1. The first kappa shape index (κ1) is 9.58. The molecule has 0 unspecified atom stereocenters. The number of aromatic nitrogens is 2. The van der Waals surface area contributed by atoms with Gasteiger partial charge >= 0.3 is 0 Å². The molecule has 1 amide bonds. The summed E-state index contributed by atoms with van der Waals surface area (Å²) >= 11 is 1.70. The van der Waals surface area contributed by atoms with Gasteiger partial charge in [0, 0.05) is 18.7 Å². The van der Waals surface area contributed by atoms with E-state index >= 15 is 0 Å². The fraction of sp³-hybridized carbons (Fsp3) is 0.556. The molecule has 0 aliphatic carbocycles. The Morgan fingerprint density at radius 1 is 1.64 bits per heavy atom. The molecule has 2 rings (SSSR count). The van der Waals surface area contributed by atoms with Crippen LogP contribution in [0.4, 0.5) is 5.69 Å². The Balaban J connectivity index is 2.45. The van der Waals surface area contributed by atoms with Crippen LogP contribution in [0.2, 0.25) is 0 Å². The minimum Gasteiger partial charge on any atom is -0.322 e. The predicted molar refractivity (Wildman–Crippen MR) is 56.6 cm³/mol. The van der Waals surface area contributed by atoms with Crippen LogP contribution in [0.1, 0.15) is 19.0 Å². The summed E-state index contributed by atoms with van der Waals surface area (Å²) in [7, 11) is 0. The topological polar surface area (TPSA) is 46.9 Å². The van der Waals surface area contributed by atoms with E-state index in [1.54, 1.807) is 11.8 Å². The van der Waals surface area contributed by atoms with Crippen LogP contribution in [0, 0.1) is 6.92 Å². The van der Waals surface area contributed by atoms with E-state index in [1.807, 2.05) is 11.6 Å². The second-order valence-electron chi connectivity index (χ2n) is 3.23. The molecule has 1 aromatic heterocycles. The average Bonchev–Trinajstić information content (AvgIpc) is 2.36. The molecule has 0 saturated heterocycles. The van der Waals surface area contributed by atoms with Crippen LogP contribution in [0.15, 0.2) is 5.03 Å². The minimum atomic E-state index is 0.0926. The Morgan fingerprint density at radius 3 is 3.14 bits per heavy atom. The maximum absolute atomic E-state index is 11.3. The Bertz CT molecular complexity index is 372. The van der Waals surface area contributed by atoms with Gasteiger partial charge in [0.2, 0.25) is 5.91 Å². The molecule has 76 valence electrons. The fourth-order valence-corrected chi connectivity index (χ4v) is 2.65. The lowest BCUT2D eigenvalue weighted by Crippen LogP contribution is -2.10. The third kappa shape index (κ3) is 1.52. The molecule has 1 N–H and O–H groups in total. The molecule has 1 aliphatic heterocycles. The first-order chi connectivity index (χ1) is 6.72. The Kier molecular flexibility index (Phi) is 2.50. The zero-order chi connectivity index (χ0) is 10.1. The van der Waals surface area contributed by atoms with Gasteiger partial charge in [0.1, 0.15) is 5.03 Å². The molecule has 0 bridgehead atoms. The monoisotopic (exact) mass is 211 g/mol. The van der Waals surface area contributed by atoms with Crippen LogP contribution in [-0.4, -0.2) is 21.4 Å². The van der Waals surface area contributed by atoms with E-state index in [9.17, 15) is 4.79 Å². The van der Waals surface area contributed by atoms with Crippen LogP contribution in [-0.2, 0) is 11.3 Å². The van der Waals surface area contributed by atoms with Crippen LogP contribution >= 0.6 is 11.8 Å². The summed E-state index contributed by atoms with van der Waals surface area (Å²) in [5, 5.41) is 8.36. The second-order valence-corrected chi connectivity index (χ2v) is 4.31. The predicted octanol–water partition coefficient (Wildman–Crippen LogP) is 1.65. The number of hydrogen-bond acceptors (Lipinski definition) is 3. The van der Waals surface area contributed by atoms with Crippen molar-refractivity contribution in [2.45, 2.75) is 31.8 Å². The molecule has 0 aromatic carbocycles. The summed E-state index contributed by atoms with van der Waals surface area (Å²) in [6.45, 7) is 4.83. The summed E-state index contributed by atoms with van der Waals surface area (Å²) in [6.07, 6.45) is 0.586. The zero-order valence-electron chi connectivity index (χ0n) is 8.33. The van der Waals surface area contributed by atoms with E-state index in [-0.39, 0.29) is 5.91 Å². The second kappa shape index (κ2) is 3.65. The highest BCUT2D eigenvalue weighted by molar-refractivity contribution is 7.99. The van der Waals surface area contributed by atoms with Gasteiger partial charge in [-0.3, -0.25) is 9.48 Å². The van der Waals surface area contributed by atoms with Crippen molar-refractivity contribution < 1.29 is 4.79 Å². The first-order valence-corrected chi connectivity index (χ1v) is 5.71. The highest BCUT2D eigenvalue weighted by atomic mass is 32.2. The highest BCUT2D eigenvalue weighted by Crippen LogP contribution is 2.33. The van der Waals surface area contributed by atoms with E-state index in [2.05, 4.69) is 17.3 Å². The molecule has 4 nitrogen and oxygen atoms in total. The average molecular weight is 211 g/mol. The van der Waals surface area contributed by atoms with Crippen LogP contribution in [0.3, 0.4) is 0 Å². The lowest BCUT2D eigenvalue weighted by atomic mass is 10.3. The molecule has 2 heterocycles. The van der Waals surface area contributed by atoms with Gasteiger partial charge in [-0.2, -0.15) is 5.10 Å². The van der Waals surface area contributed by atoms with Crippen molar-refractivity contribution in [3.05, 3.63) is 5.69 Å². The van der Waals surface area contributed by atoms with Gasteiger partial charge in [-0.05, 0) is 13.8 Å². The van der Waals surface area contributed by atoms with Gasteiger partial charge in [-0.1, -0.05) is 0 Å². The smallest absolute Gasteiger partial charge is 0.225 e. The van der Waals surface area contributed by atoms with Crippen molar-refractivity contribution in [2.75, 3.05) is 11.1 Å². The summed E-state index contributed by atoms with van der Waals surface area (Å²) in [6, 6.07) is 0. The van der Waals surface area contributed by atoms with Gasteiger partial charge in [0.05, 0.1) is 11.4 Å². The molecule has 0 radical (unpaired) electrons. The molecule has 0 spiro atoms. The van der Waals surface area contributed by atoms with Crippen molar-refractivity contribution in [1.82, 2.24) is 9.78 Å². The van der Waals surface area contributed by atoms with Crippen molar-refractivity contribution in [3.63, 3.8) is 0 Å². The maximum Gasteiger partial charge on any atom is 0.225 e. The number of anilines is 1. The molecule has 1 aliphatic rings. The molecule has 14 heavy (non-hydrogen) atoms. The number of rotatable bonds is 1. The number of hydrogen-bond donors (Lipinski definition) is 1. The Labute approximate surface area is 87.1 Å². The van der Waals surface area contributed by atoms with Crippen molar-refractivity contribution in [2.24, 2.45) is 0 Å². The van der Waals surface area contributed by atoms with E-state index in [0.29, 0.717) is 6.42 Å². The van der Waals surface area contributed by atoms with E-state index < -0.39 is 0 Å². The Morgan fingerprint density at radius 2 is 2.43 bits per heavy atom. The number of carbonyl (C=O) groups is 1. The van der Waals surface area contributed by atoms with Gasteiger partial charge in [-0.25, -0.2) is 0 Å². The number of carbonyl (C=O) groups excluding carboxylic acids is 1. The highest BCUT2D eigenvalue weighted by Gasteiger charge is 2.20. The minimum absolute atomic E-state index is 0.0926. The van der Waals surface area contributed by atoms with E-state index in [4.69, 9.17) is 0 Å². The van der Waals surface area contributed by atoms with Crippen LogP contribution in [0.5, 0.6) is 0 Å². The molecule has 5 heteroatoms. The largest absolute Gasteiger partial charge is 0.322 e. The third-order valence-corrected chi connectivity index (χ3v) is 3.31. The SMILES string of the molecule is CCn1nc(C)c2c1SCCC(=O)N2. The normalized spacial score (nSPS) is 16.0. The third-order valence-electron chi connectivity index (χ3n) is 2.21. The Hall–Kier alpha value is -0.970. The number of amides is 1. The van der Waals surface area contributed by atoms with Gasteiger partial charge in [0.15, 0.2) is 0 Å². The molecule has 0 saturated carbocycles. The first-order valence-electron chi connectivity index (χ1n) is 4.72. The summed E-state index contributed by atoms with van der Waals surface area (Å²) in [5.41, 5.74) is 1.81. The number of aryl methyl sites for hydroxylation is 2. The fourth-order valence-electron chi connectivity index (χ4n) is 1.51. The lowest BCUT2D eigenvalue weighted by Gasteiger charge is -2.02.